The third-order valence-electron chi connectivity index (χ3n) is 3.09. The molecule has 2 N–H and O–H groups in total. The number of nitrogens with zero attached hydrogens (tertiary/aromatic N) is 2. The molecule has 2 aromatic heterocycles. The molecule has 5 nitrogen and oxygen atoms in total. The van der Waals surface area contributed by atoms with E-state index in [0.717, 1.165) is 25.3 Å². The Bertz CT molecular complexity index is 671. The first-order valence-corrected chi connectivity index (χ1v) is 6.38. The zero-order valence-electron chi connectivity index (χ0n) is 10.8. The minimum absolute atomic E-state index is 0.617. The fraction of sp³-hybridized carbons (Fsp3) is 0.286. The highest BCUT2D eigenvalue weighted by atomic mass is 16.5. The molecule has 0 saturated carbocycles. The van der Waals surface area contributed by atoms with Gasteiger partial charge in [-0.3, -0.25) is 0 Å². The summed E-state index contributed by atoms with van der Waals surface area (Å²) in [6, 6.07) is 8.31. The van der Waals surface area contributed by atoms with Crippen molar-refractivity contribution in [1.29, 1.82) is 0 Å². The number of H-pyrrole nitrogens is 1. The smallest absolute Gasteiger partial charge is 0.223 e. The van der Waals surface area contributed by atoms with E-state index in [1.165, 1.54) is 16.5 Å². The van der Waals surface area contributed by atoms with E-state index in [1.807, 2.05) is 6.07 Å². The number of aromatic nitrogens is 3. The van der Waals surface area contributed by atoms with Crippen LogP contribution in [0, 0.1) is 6.92 Å². The molecule has 0 spiro atoms. The van der Waals surface area contributed by atoms with Crippen molar-refractivity contribution in [3.8, 4) is 0 Å². The molecule has 2 heterocycles. The highest BCUT2D eigenvalue weighted by Gasteiger charge is 2.04. The van der Waals surface area contributed by atoms with Crippen LogP contribution in [0.25, 0.3) is 10.9 Å². The first-order chi connectivity index (χ1) is 9.33. The van der Waals surface area contributed by atoms with Gasteiger partial charge in [-0.25, -0.2) is 0 Å². The van der Waals surface area contributed by atoms with E-state index in [0.29, 0.717) is 5.89 Å². The van der Waals surface area contributed by atoms with Gasteiger partial charge in [-0.1, -0.05) is 23.4 Å². The predicted octanol–water partition coefficient (Wildman–Crippen LogP) is 2.19. The van der Waals surface area contributed by atoms with E-state index < -0.39 is 0 Å². The van der Waals surface area contributed by atoms with Gasteiger partial charge >= 0.3 is 0 Å². The molecular weight excluding hydrogens is 240 g/mol. The number of hydrogen-bond acceptors (Lipinski definition) is 4. The third-order valence-corrected chi connectivity index (χ3v) is 3.09. The fourth-order valence-corrected chi connectivity index (χ4v) is 2.14. The Morgan fingerprint density at radius 1 is 1.32 bits per heavy atom. The molecule has 0 aliphatic heterocycles. The molecule has 0 bridgehead atoms. The first kappa shape index (κ1) is 11.9. The molecule has 0 saturated heterocycles. The Morgan fingerprint density at radius 3 is 3.05 bits per heavy atom. The molecule has 0 amide bonds. The summed E-state index contributed by atoms with van der Waals surface area (Å²) >= 11 is 0. The number of rotatable bonds is 5. The van der Waals surface area contributed by atoms with Gasteiger partial charge in [0.15, 0.2) is 5.82 Å². The summed E-state index contributed by atoms with van der Waals surface area (Å²) < 4.78 is 4.93. The van der Waals surface area contributed by atoms with Gasteiger partial charge in [0.25, 0.3) is 0 Å². The van der Waals surface area contributed by atoms with Crippen LogP contribution in [-0.2, 0) is 13.0 Å². The number of hydrogen-bond donors (Lipinski definition) is 2. The summed E-state index contributed by atoms with van der Waals surface area (Å²) in [6.45, 7) is 3.47. The van der Waals surface area contributed by atoms with Gasteiger partial charge in [-0.2, -0.15) is 4.98 Å². The highest BCUT2D eigenvalue weighted by Crippen LogP contribution is 2.17. The summed E-state index contributed by atoms with van der Waals surface area (Å²) in [5.41, 5.74) is 2.45. The molecule has 3 aromatic rings. The third kappa shape index (κ3) is 2.66. The molecule has 3 rings (SSSR count). The van der Waals surface area contributed by atoms with Crippen molar-refractivity contribution in [2.75, 3.05) is 6.54 Å². The number of para-hydroxylation sites is 1. The number of aromatic amines is 1. The lowest BCUT2D eigenvalue weighted by molar-refractivity contribution is 0.387. The molecule has 98 valence electrons. The Morgan fingerprint density at radius 2 is 2.21 bits per heavy atom. The summed E-state index contributed by atoms with van der Waals surface area (Å²) in [6.07, 6.45) is 2.83. The maximum absolute atomic E-state index is 4.93. The van der Waals surface area contributed by atoms with E-state index >= 15 is 0 Å². The standard InChI is InChI=1S/C14H16N4O/c1-10-17-14(18-19-10)6-7-15-8-11-9-16-13-5-3-2-4-12(11)13/h2-5,9,15-16H,6-8H2,1H3. The van der Waals surface area contributed by atoms with Crippen LogP contribution in [-0.4, -0.2) is 21.7 Å². The van der Waals surface area contributed by atoms with E-state index in [1.54, 1.807) is 6.92 Å². The van der Waals surface area contributed by atoms with E-state index in [9.17, 15) is 0 Å². The number of aryl methyl sites for hydroxylation is 1. The minimum atomic E-state index is 0.617. The summed E-state index contributed by atoms with van der Waals surface area (Å²) in [5.74, 6) is 1.37. The summed E-state index contributed by atoms with van der Waals surface area (Å²) in [4.78, 5) is 7.44. The van der Waals surface area contributed by atoms with E-state index in [2.05, 4.69) is 44.8 Å². The number of nitrogens with one attached hydrogen (secondary N) is 2. The maximum atomic E-state index is 4.93. The van der Waals surface area contributed by atoms with Crippen molar-refractivity contribution in [3.05, 3.63) is 47.7 Å². The van der Waals surface area contributed by atoms with Crippen molar-refractivity contribution in [3.63, 3.8) is 0 Å². The molecule has 0 radical (unpaired) electrons. The van der Waals surface area contributed by atoms with Gasteiger partial charge in [0.1, 0.15) is 0 Å². The van der Waals surface area contributed by atoms with Crippen molar-refractivity contribution >= 4 is 10.9 Å². The average Bonchev–Trinajstić information content (AvgIpc) is 3.02. The molecule has 19 heavy (non-hydrogen) atoms. The largest absolute Gasteiger partial charge is 0.361 e. The second kappa shape index (κ2) is 5.24. The minimum Gasteiger partial charge on any atom is -0.361 e. The van der Waals surface area contributed by atoms with Gasteiger partial charge in [-0.05, 0) is 11.6 Å². The van der Waals surface area contributed by atoms with E-state index in [4.69, 9.17) is 4.52 Å². The maximum Gasteiger partial charge on any atom is 0.223 e. The molecular formula is C14H16N4O. The molecule has 5 heteroatoms. The molecule has 0 atom stereocenters. The van der Waals surface area contributed by atoms with Gasteiger partial charge in [0.05, 0.1) is 0 Å². The summed E-state index contributed by atoms with van der Waals surface area (Å²) in [5, 5.41) is 8.53. The second-order valence-corrected chi connectivity index (χ2v) is 4.52. The van der Waals surface area contributed by atoms with Crippen LogP contribution < -0.4 is 5.32 Å². The average molecular weight is 256 g/mol. The fourth-order valence-electron chi connectivity index (χ4n) is 2.14. The van der Waals surface area contributed by atoms with Crippen molar-refractivity contribution in [2.45, 2.75) is 19.9 Å². The zero-order valence-corrected chi connectivity index (χ0v) is 10.8. The van der Waals surface area contributed by atoms with Crippen LogP contribution in [0.3, 0.4) is 0 Å². The molecule has 0 aliphatic rings. The van der Waals surface area contributed by atoms with Gasteiger partial charge in [0, 0.05) is 43.5 Å². The highest BCUT2D eigenvalue weighted by molar-refractivity contribution is 5.82. The second-order valence-electron chi connectivity index (χ2n) is 4.52. The molecule has 1 aromatic carbocycles. The van der Waals surface area contributed by atoms with Crippen LogP contribution in [0.15, 0.2) is 35.0 Å². The number of benzene rings is 1. The van der Waals surface area contributed by atoms with Crippen molar-refractivity contribution in [1.82, 2.24) is 20.4 Å². The van der Waals surface area contributed by atoms with Crippen LogP contribution in [0.2, 0.25) is 0 Å². The van der Waals surface area contributed by atoms with Crippen LogP contribution in [0.1, 0.15) is 17.3 Å². The van der Waals surface area contributed by atoms with Gasteiger partial charge < -0.3 is 14.8 Å². The molecule has 0 fully saturated rings. The zero-order chi connectivity index (χ0) is 13.1. The van der Waals surface area contributed by atoms with Gasteiger partial charge in [-0.15, -0.1) is 0 Å². The van der Waals surface area contributed by atoms with Crippen LogP contribution in [0.5, 0.6) is 0 Å². The van der Waals surface area contributed by atoms with Crippen molar-refractivity contribution < 1.29 is 4.52 Å². The lowest BCUT2D eigenvalue weighted by Crippen LogP contribution is -2.17. The quantitative estimate of drug-likeness (QED) is 0.687. The Kier molecular flexibility index (Phi) is 3.29. The Labute approximate surface area is 111 Å². The normalized spacial score (nSPS) is 11.2. The van der Waals surface area contributed by atoms with Crippen LogP contribution in [0.4, 0.5) is 0 Å². The van der Waals surface area contributed by atoms with Crippen molar-refractivity contribution in [2.24, 2.45) is 0 Å². The van der Waals surface area contributed by atoms with Gasteiger partial charge in [0.2, 0.25) is 5.89 Å². The SMILES string of the molecule is Cc1nc(CCNCc2c[nH]c3ccccc23)no1. The number of fused-ring (bicyclic) bond motifs is 1. The Hall–Kier alpha value is -2.14. The lowest BCUT2D eigenvalue weighted by atomic mass is 10.2. The Balaban J connectivity index is 1.55. The lowest BCUT2D eigenvalue weighted by Gasteiger charge is -2.01. The molecule has 0 unspecified atom stereocenters. The molecule has 0 aliphatic carbocycles. The van der Waals surface area contributed by atoms with Crippen LogP contribution >= 0.6 is 0 Å². The predicted molar refractivity (Wildman–Crippen MR) is 72.7 cm³/mol. The van der Waals surface area contributed by atoms with E-state index in [-0.39, 0.29) is 0 Å². The first-order valence-electron chi connectivity index (χ1n) is 6.38. The summed E-state index contributed by atoms with van der Waals surface area (Å²) in [7, 11) is 0. The monoisotopic (exact) mass is 256 g/mol. The topological polar surface area (TPSA) is 66.7 Å².